The summed E-state index contributed by atoms with van der Waals surface area (Å²) >= 11 is 0. The molecule has 0 fully saturated rings. The van der Waals surface area contributed by atoms with Crippen molar-refractivity contribution < 1.29 is 17.5 Å². The van der Waals surface area contributed by atoms with Crippen LogP contribution in [0.3, 0.4) is 0 Å². The summed E-state index contributed by atoms with van der Waals surface area (Å²) in [5.74, 6) is 0. The number of nitrogens with zero attached hydrogens (tertiary/aromatic N) is 2. The number of hydrogen-bond donors (Lipinski definition) is 0. The molecule has 0 aliphatic rings. The first-order valence-electron chi connectivity index (χ1n) is 5.03. The Hall–Kier alpha value is -0.660. The van der Waals surface area contributed by atoms with E-state index in [4.69, 9.17) is 15.4 Å². The van der Waals surface area contributed by atoms with Crippen molar-refractivity contribution in [3.8, 4) is 0 Å². The highest BCUT2D eigenvalue weighted by atomic mass is 35.7. The summed E-state index contributed by atoms with van der Waals surface area (Å²) in [5.41, 5.74) is 0.196. The smallest absolute Gasteiger partial charge is 0.264 e. The lowest BCUT2D eigenvalue weighted by Crippen LogP contribution is -2.06. The molecule has 0 atom stereocenters. The number of hydrogen-bond acceptors (Lipinski definition) is 4. The zero-order chi connectivity index (χ0) is 13.1. The topological polar surface area (TPSA) is 61.2 Å². The second kappa shape index (κ2) is 5.79. The van der Waals surface area contributed by atoms with Gasteiger partial charge in [0.05, 0.1) is 19.3 Å². The van der Waals surface area contributed by atoms with Crippen LogP contribution in [0, 0.1) is 0 Å². The first kappa shape index (κ1) is 14.4. The summed E-state index contributed by atoms with van der Waals surface area (Å²) in [5, 5.41) is 3.93. The van der Waals surface area contributed by atoms with Crippen LogP contribution in [0.15, 0.2) is 11.1 Å². The van der Waals surface area contributed by atoms with E-state index in [2.05, 4.69) is 5.10 Å². The van der Waals surface area contributed by atoms with E-state index >= 15 is 0 Å². The minimum absolute atomic E-state index is 0.0128. The Balaban J connectivity index is 3.00. The van der Waals surface area contributed by atoms with Crippen LogP contribution < -0.4 is 0 Å². The molecule has 5 nitrogen and oxygen atoms in total. The summed E-state index contributed by atoms with van der Waals surface area (Å²) in [6, 6.07) is 0. The van der Waals surface area contributed by atoms with Crippen molar-refractivity contribution in [1.82, 2.24) is 9.78 Å². The van der Waals surface area contributed by atoms with Gasteiger partial charge in [-0.2, -0.15) is 5.10 Å². The lowest BCUT2D eigenvalue weighted by Gasteiger charge is -2.05. The summed E-state index contributed by atoms with van der Waals surface area (Å²) in [4.78, 5) is -0.131. The molecule has 0 spiro atoms. The Morgan fingerprint density at radius 3 is 2.71 bits per heavy atom. The van der Waals surface area contributed by atoms with Crippen LogP contribution in [0.25, 0.3) is 0 Å². The van der Waals surface area contributed by atoms with Crippen molar-refractivity contribution in [1.29, 1.82) is 0 Å². The number of rotatable bonds is 6. The SMILES string of the molecule is CC(C)OCc1nn(CCF)cc1S(=O)(=O)Cl. The van der Waals surface area contributed by atoms with Gasteiger partial charge >= 0.3 is 0 Å². The van der Waals surface area contributed by atoms with Crippen LogP contribution in [0.2, 0.25) is 0 Å². The molecule has 0 saturated carbocycles. The minimum Gasteiger partial charge on any atom is -0.372 e. The fourth-order valence-corrected chi connectivity index (χ4v) is 2.21. The average molecular weight is 285 g/mol. The molecule has 8 heteroatoms. The third-order valence-corrected chi connectivity index (χ3v) is 3.29. The Kier molecular flexibility index (Phi) is 4.91. The molecule has 1 rings (SSSR count). The maximum Gasteiger partial charge on any atom is 0.264 e. The second-order valence-corrected chi connectivity index (χ2v) is 6.22. The van der Waals surface area contributed by atoms with Crippen LogP contribution in [0.4, 0.5) is 4.39 Å². The third kappa shape index (κ3) is 4.25. The molecule has 0 N–H and O–H groups in total. The molecule has 0 amide bonds. The molecule has 17 heavy (non-hydrogen) atoms. The molecule has 0 unspecified atom stereocenters. The van der Waals surface area contributed by atoms with E-state index in [-0.39, 0.29) is 29.8 Å². The summed E-state index contributed by atoms with van der Waals surface area (Å²) in [7, 11) is 1.37. The lowest BCUT2D eigenvalue weighted by molar-refractivity contribution is 0.0619. The molecule has 0 saturated heterocycles. The van der Waals surface area contributed by atoms with Gasteiger partial charge in [-0.3, -0.25) is 4.68 Å². The monoisotopic (exact) mass is 284 g/mol. The molecular weight excluding hydrogens is 271 g/mol. The number of halogens is 2. The lowest BCUT2D eigenvalue weighted by atomic mass is 10.4. The predicted octanol–water partition coefficient (Wildman–Crippen LogP) is 1.71. The Labute approximate surface area is 104 Å². The maximum absolute atomic E-state index is 12.2. The van der Waals surface area contributed by atoms with Gasteiger partial charge in [0, 0.05) is 16.9 Å². The normalized spacial score (nSPS) is 12.3. The zero-order valence-corrected chi connectivity index (χ0v) is 11.1. The van der Waals surface area contributed by atoms with Crippen LogP contribution >= 0.6 is 10.7 Å². The number of aryl methyl sites for hydroxylation is 1. The van der Waals surface area contributed by atoms with Gasteiger partial charge in [-0.1, -0.05) is 0 Å². The molecule has 0 radical (unpaired) electrons. The fourth-order valence-electron chi connectivity index (χ4n) is 1.19. The fraction of sp³-hybridized carbons (Fsp3) is 0.667. The van der Waals surface area contributed by atoms with E-state index in [0.717, 1.165) is 0 Å². The van der Waals surface area contributed by atoms with Crippen molar-refractivity contribution in [3.05, 3.63) is 11.9 Å². The average Bonchev–Trinajstić information content (AvgIpc) is 2.58. The first-order valence-corrected chi connectivity index (χ1v) is 7.34. The van der Waals surface area contributed by atoms with Crippen molar-refractivity contribution in [2.24, 2.45) is 0 Å². The van der Waals surface area contributed by atoms with Gasteiger partial charge < -0.3 is 4.74 Å². The molecule has 0 aliphatic carbocycles. The van der Waals surface area contributed by atoms with Gasteiger partial charge in [0.2, 0.25) is 0 Å². The summed E-state index contributed by atoms with van der Waals surface area (Å²) < 4.78 is 41.2. The van der Waals surface area contributed by atoms with Gasteiger partial charge in [-0.15, -0.1) is 0 Å². The van der Waals surface area contributed by atoms with Crippen LogP contribution in [-0.2, 0) is 26.9 Å². The molecule has 0 aromatic carbocycles. The zero-order valence-electron chi connectivity index (χ0n) is 9.56. The number of ether oxygens (including phenoxy) is 1. The van der Waals surface area contributed by atoms with E-state index in [1.807, 2.05) is 13.8 Å². The Bertz CT molecular complexity index is 473. The number of aromatic nitrogens is 2. The maximum atomic E-state index is 12.2. The first-order chi connectivity index (χ1) is 7.84. The minimum atomic E-state index is -3.89. The highest BCUT2D eigenvalue weighted by Crippen LogP contribution is 2.20. The van der Waals surface area contributed by atoms with Gasteiger partial charge in [-0.05, 0) is 13.8 Å². The molecular formula is C9H14ClFN2O3S. The molecule has 1 aromatic rings. The van der Waals surface area contributed by atoms with Gasteiger partial charge in [0.15, 0.2) is 0 Å². The molecule has 0 aliphatic heterocycles. The van der Waals surface area contributed by atoms with Crippen molar-refractivity contribution in [2.75, 3.05) is 6.67 Å². The van der Waals surface area contributed by atoms with Crippen LogP contribution in [0.5, 0.6) is 0 Å². The van der Waals surface area contributed by atoms with Crippen molar-refractivity contribution in [2.45, 2.75) is 38.0 Å². The highest BCUT2D eigenvalue weighted by Gasteiger charge is 2.20. The summed E-state index contributed by atoms with van der Waals surface area (Å²) in [6.07, 6.45) is 1.15. The van der Waals surface area contributed by atoms with E-state index in [1.54, 1.807) is 0 Å². The largest absolute Gasteiger partial charge is 0.372 e. The molecule has 98 valence electrons. The third-order valence-electron chi connectivity index (χ3n) is 1.93. The highest BCUT2D eigenvalue weighted by molar-refractivity contribution is 8.13. The standard InChI is InChI=1S/C9H14ClFN2O3S/c1-7(2)16-6-8-9(17(10,14)15)5-13(12-8)4-3-11/h5,7H,3-4,6H2,1-2H3. The molecule has 0 bridgehead atoms. The van der Waals surface area contributed by atoms with Gasteiger partial charge in [-0.25, -0.2) is 12.8 Å². The second-order valence-electron chi connectivity index (χ2n) is 3.69. The summed E-state index contributed by atoms with van der Waals surface area (Å²) in [6.45, 7) is 3.01. The van der Waals surface area contributed by atoms with Gasteiger partial charge in [0.25, 0.3) is 9.05 Å². The Morgan fingerprint density at radius 2 is 2.24 bits per heavy atom. The van der Waals surface area contributed by atoms with Crippen LogP contribution in [0.1, 0.15) is 19.5 Å². The molecule has 1 heterocycles. The van der Waals surface area contributed by atoms with Crippen LogP contribution in [-0.4, -0.2) is 31.0 Å². The van der Waals surface area contributed by atoms with Crippen molar-refractivity contribution in [3.63, 3.8) is 0 Å². The predicted molar refractivity (Wildman–Crippen MR) is 61.2 cm³/mol. The van der Waals surface area contributed by atoms with E-state index in [0.29, 0.717) is 0 Å². The van der Waals surface area contributed by atoms with E-state index in [1.165, 1.54) is 10.9 Å². The quantitative estimate of drug-likeness (QED) is 0.746. The van der Waals surface area contributed by atoms with Crippen molar-refractivity contribution >= 4 is 19.7 Å². The molecule has 1 aromatic heterocycles. The van der Waals surface area contributed by atoms with Gasteiger partial charge in [0.1, 0.15) is 17.3 Å². The Morgan fingerprint density at radius 1 is 1.59 bits per heavy atom. The van der Waals surface area contributed by atoms with E-state index in [9.17, 15) is 12.8 Å². The van der Waals surface area contributed by atoms with E-state index < -0.39 is 15.7 Å². The number of alkyl halides is 1.